The third kappa shape index (κ3) is 7.46. The van der Waals surface area contributed by atoms with E-state index in [4.69, 9.17) is 28.1 Å². The van der Waals surface area contributed by atoms with Crippen molar-refractivity contribution in [3.8, 4) is 0 Å². The topological polar surface area (TPSA) is 55.4 Å². The molecule has 0 saturated carbocycles. The van der Waals surface area contributed by atoms with Gasteiger partial charge in [0.25, 0.3) is 0 Å². The SMILES string of the molecule is COC[C@H]1O[C@H](OC)[C@H](O[Si](C)(C)C(C)(C)C)[C@@H](OCc2ccccc2)[C@@H]1OCc1ccccc1. The van der Waals surface area contributed by atoms with E-state index in [9.17, 15) is 0 Å². The largest absolute Gasteiger partial charge is 0.406 e. The highest BCUT2D eigenvalue weighted by atomic mass is 28.4. The summed E-state index contributed by atoms with van der Waals surface area (Å²) < 4.78 is 37.7. The van der Waals surface area contributed by atoms with Gasteiger partial charge in [-0.3, -0.25) is 0 Å². The van der Waals surface area contributed by atoms with Gasteiger partial charge in [-0.25, -0.2) is 0 Å². The second-order valence-electron chi connectivity index (χ2n) is 10.6. The summed E-state index contributed by atoms with van der Waals surface area (Å²) in [5.74, 6) is 0. The summed E-state index contributed by atoms with van der Waals surface area (Å²) in [7, 11) is 1.13. The van der Waals surface area contributed by atoms with Gasteiger partial charge in [0.2, 0.25) is 0 Å². The summed E-state index contributed by atoms with van der Waals surface area (Å²) in [5.41, 5.74) is 2.17. The fraction of sp³-hybridized carbons (Fsp3) is 0.571. The summed E-state index contributed by atoms with van der Waals surface area (Å²) in [6.45, 7) is 12.4. The standard InChI is InChI=1S/C28H42O6Si/c1-28(2,3)35(6,7)34-26-25(32-19-22-16-12-9-13-17-22)24(23(20-29-4)33-27(26)30-5)31-18-21-14-10-8-11-15-21/h8-17,23-27H,18-20H2,1-7H3/t23-,24-,25+,26-,27+/m1/s1. The van der Waals surface area contributed by atoms with E-state index in [1.54, 1.807) is 14.2 Å². The van der Waals surface area contributed by atoms with Crippen LogP contribution in [0.2, 0.25) is 18.1 Å². The van der Waals surface area contributed by atoms with Gasteiger partial charge in [0.1, 0.15) is 24.4 Å². The lowest BCUT2D eigenvalue weighted by Gasteiger charge is -2.49. The van der Waals surface area contributed by atoms with Gasteiger partial charge in [-0.05, 0) is 29.3 Å². The maximum absolute atomic E-state index is 6.90. The number of hydrogen-bond donors (Lipinski definition) is 0. The summed E-state index contributed by atoms with van der Waals surface area (Å²) >= 11 is 0. The Bertz CT molecular complexity index is 870. The van der Waals surface area contributed by atoms with Crippen LogP contribution >= 0.6 is 0 Å². The molecule has 194 valence electrons. The van der Waals surface area contributed by atoms with Gasteiger partial charge in [0.05, 0.1) is 19.8 Å². The Morgan fingerprint density at radius 1 is 0.771 bits per heavy atom. The number of ether oxygens (including phenoxy) is 5. The fourth-order valence-corrected chi connectivity index (χ4v) is 5.21. The lowest BCUT2D eigenvalue weighted by molar-refractivity contribution is -0.309. The van der Waals surface area contributed by atoms with Crippen molar-refractivity contribution < 1.29 is 28.1 Å². The predicted octanol–water partition coefficient (Wildman–Crippen LogP) is 5.57. The van der Waals surface area contributed by atoms with Crippen LogP contribution in [-0.2, 0) is 41.3 Å². The monoisotopic (exact) mass is 502 g/mol. The fourth-order valence-electron chi connectivity index (χ4n) is 3.93. The quantitative estimate of drug-likeness (QED) is 0.375. The Balaban J connectivity index is 1.93. The van der Waals surface area contributed by atoms with Crippen molar-refractivity contribution in [3.63, 3.8) is 0 Å². The van der Waals surface area contributed by atoms with Crippen LogP contribution in [0.5, 0.6) is 0 Å². The van der Waals surface area contributed by atoms with E-state index in [0.29, 0.717) is 19.8 Å². The van der Waals surface area contributed by atoms with Crippen molar-refractivity contribution in [2.24, 2.45) is 0 Å². The zero-order valence-electron chi connectivity index (χ0n) is 22.2. The lowest BCUT2D eigenvalue weighted by atomic mass is 9.98. The van der Waals surface area contributed by atoms with Crippen molar-refractivity contribution >= 4 is 8.32 Å². The summed E-state index contributed by atoms with van der Waals surface area (Å²) in [6, 6.07) is 20.3. The summed E-state index contributed by atoms with van der Waals surface area (Å²) in [6.07, 6.45) is -2.22. The van der Waals surface area contributed by atoms with E-state index in [0.717, 1.165) is 11.1 Å². The zero-order valence-corrected chi connectivity index (χ0v) is 23.2. The first-order valence-electron chi connectivity index (χ1n) is 12.3. The maximum Gasteiger partial charge on any atom is 0.192 e. The normalized spacial score (nSPS) is 25.5. The Labute approximate surface area is 212 Å². The molecule has 0 amide bonds. The van der Waals surface area contributed by atoms with Crippen molar-refractivity contribution in [2.75, 3.05) is 20.8 Å². The van der Waals surface area contributed by atoms with E-state index in [1.807, 2.05) is 36.4 Å². The van der Waals surface area contributed by atoms with Crippen molar-refractivity contribution in [1.82, 2.24) is 0 Å². The molecule has 0 N–H and O–H groups in total. The Kier molecular flexibility index (Phi) is 10.1. The Hall–Kier alpha value is -1.58. The molecule has 0 spiro atoms. The molecular weight excluding hydrogens is 460 g/mol. The molecule has 2 aromatic rings. The molecule has 1 heterocycles. The van der Waals surface area contributed by atoms with Gasteiger partial charge in [0.15, 0.2) is 14.6 Å². The molecule has 0 aromatic heterocycles. The van der Waals surface area contributed by atoms with Crippen LogP contribution in [-0.4, -0.2) is 59.8 Å². The first-order valence-corrected chi connectivity index (χ1v) is 15.2. The van der Waals surface area contributed by atoms with Crippen molar-refractivity contribution in [1.29, 1.82) is 0 Å². The molecule has 2 aromatic carbocycles. The molecule has 0 aliphatic carbocycles. The van der Waals surface area contributed by atoms with Crippen LogP contribution in [0.25, 0.3) is 0 Å². The van der Waals surface area contributed by atoms with Crippen LogP contribution in [0, 0.1) is 0 Å². The maximum atomic E-state index is 6.90. The highest BCUT2D eigenvalue weighted by Gasteiger charge is 2.52. The minimum absolute atomic E-state index is 0.0129. The van der Waals surface area contributed by atoms with Crippen LogP contribution < -0.4 is 0 Å². The molecule has 1 aliphatic heterocycles. The number of methoxy groups -OCH3 is 2. The molecule has 1 saturated heterocycles. The Morgan fingerprint density at radius 3 is 1.74 bits per heavy atom. The molecule has 3 rings (SSSR count). The molecule has 5 atom stereocenters. The highest BCUT2D eigenvalue weighted by molar-refractivity contribution is 6.74. The number of rotatable bonds is 11. The first-order chi connectivity index (χ1) is 16.7. The van der Waals surface area contributed by atoms with Crippen LogP contribution in [0.1, 0.15) is 31.9 Å². The second kappa shape index (κ2) is 12.6. The molecular formula is C28H42O6Si. The summed E-state index contributed by atoms with van der Waals surface area (Å²) in [4.78, 5) is 0. The van der Waals surface area contributed by atoms with Crippen molar-refractivity contribution in [2.45, 2.75) is 82.8 Å². The van der Waals surface area contributed by atoms with E-state index >= 15 is 0 Å². The van der Waals surface area contributed by atoms with Crippen LogP contribution in [0.4, 0.5) is 0 Å². The molecule has 0 bridgehead atoms. The summed E-state index contributed by atoms with van der Waals surface area (Å²) in [5, 5.41) is 0.0129. The van der Waals surface area contributed by atoms with Gasteiger partial charge < -0.3 is 28.1 Å². The molecule has 7 heteroatoms. The van der Waals surface area contributed by atoms with Gasteiger partial charge in [-0.1, -0.05) is 81.4 Å². The first kappa shape index (κ1) is 28.0. The molecule has 0 radical (unpaired) electrons. The van der Waals surface area contributed by atoms with E-state index in [2.05, 4.69) is 58.1 Å². The molecule has 0 unspecified atom stereocenters. The van der Waals surface area contributed by atoms with Gasteiger partial charge in [0, 0.05) is 14.2 Å². The highest BCUT2D eigenvalue weighted by Crippen LogP contribution is 2.40. The predicted molar refractivity (Wildman–Crippen MR) is 140 cm³/mol. The molecule has 35 heavy (non-hydrogen) atoms. The molecule has 6 nitrogen and oxygen atoms in total. The van der Waals surface area contributed by atoms with Gasteiger partial charge >= 0.3 is 0 Å². The van der Waals surface area contributed by atoms with Gasteiger partial charge in [-0.2, -0.15) is 0 Å². The smallest absolute Gasteiger partial charge is 0.192 e. The molecule has 1 fully saturated rings. The number of benzene rings is 2. The number of hydrogen-bond acceptors (Lipinski definition) is 6. The second-order valence-corrected chi connectivity index (χ2v) is 15.4. The van der Waals surface area contributed by atoms with Crippen LogP contribution in [0.15, 0.2) is 60.7 Å². The van der Waals surface area contributed by atoms with Crippen molar-refractivity contribution in [3.05, 3.63) is 71.8 Å². The zero-order chi connectivity index (χ0) is 25.5. The Morgan fingerprint density at radius 2 is 1.29 bits per heavy atom. The third-order valence-electron chi connectivity index (χ3n) is 6.96. The minimum Gasteiger partial charge on any atom is -0.406 e. The van der Waals surface area contributed by atoms with E-state index in [-0.39, 0.29) is 11.1 Å². The minimum atomic E-state index is -2.18. The van der Waals surface area contributed by atoms with E-state index in [1.165, 1.54) is 0 Å². The van der Waals surface area contributed by atoms with Gasteiger partial charge in [-0.15, -0.1) is 0 Å². The molecule has 1 aliphatic rings. The lowest BCUT2D eigenvalue weighted by Crippen LogP contribution is -2.64. The van der Waals surface area contributed by atoms with E-state index < -0.39 is 32.9 Å². The third-order valence-corrected chi connectivity index (χ3v) is 11.4. The average molecular weight is 503 g/mol. The van der Waals surface area contributed by atoms with Crippen LogP contribution in [0.3, 0.4) is 0 Å². The average Bonchev–Trinajstić information content (AvgIpc) is 2.83.